The molecule has 180 valence electrons. The third kappa shape index (κ3) is 10.3. The summed E-state index contributed by atoms with van der Waals surface area (Å²) in [5.74, 6) is -4.90. The average Bonchev–Trinajstić information content (AvgIpc) is 2.73. The van der Waals surface area contributed by atoms with E-state index in [1.807, 2.05) is 6.92 Å². The van der Waals surface area contributed by atoms with Gasteiger partial charge in [-0.25, -0.2) is 4.79 Å². The van der Waals surface area contributed by atoms with Crippen LogP contribution in [0.3, 0.4) is 0 Å². The number of nitrogens with one attached hydrogen (secondary N) is 3. The molecule has 1 aromatic rings. The molecule has 33 heavy (non-hydrogen) atoms. The van der Waals surface area contributed by atoms with E-state index in [1.165, 1.54) is 19.1 Å². The van der Waals surface area contributed by atoms with Crippen molar-refractivity contribution in [2.45, 2.75) is 57.7 Å². The monoisotopic (exact) mass is 463 g/mol. The van der Waals surface area contributed by atoms with Crippen LogP contribution >= 0.6 is 0 Å². The van der Waals surface area contributed by atoms with Gasteiger partial charge in [-0.15, -0.1) is 0 Å². The van der Waals surface area contributed by atoms with Crippen LogP contribution in [-0.4, -0.2) is 63.1 Å². The fraction of sp³-hybridized carbons (Fsp3) is 0.409. The number of allylic oxidation sites excluding steroid dienone is 1. The molecule has 0 fully saturated rings. The van der Waals surface area contributed by atoms with Gasteiger partial charge in [-0.3, -0.25) is 19.2 Å². The van der Waals surface area contributed by atoms with Gasteiger partial charge in [0.15, 0.2) is 0 Å². The van der Waals surface area contributed by atoms with Crippen molar-refractivity contribution in [2.24, 2.45) is 0 Å². The van der Waals surface area contributed by atoms with Gasteiger partial charge in [0.25, 0.3) is 0 Å². The van der Waals surface area contributed by atoms with E-state index in [4.69, 9.17) is 10.2 Å². The number of aromatic hydroxyl groups is 1. The number of carbonyl (C=O) groups is 5. The first kappa shape index (κ1) is 27.1. The van der Waals surface area contributed by atoms with Gasteiger partial charge in [0, 0.05) is 12.8 Å². The number of aliphatic carboxylic acids is 2. The number of hydrogen-bond donors (Lipinski definition) is 6. The molecular formula is C22H29N3O8. The molecular weight excluding hydrogens is 434 g/mol. The lowest BCUT2D eigenvalue weighted by Gasteiger charge is -2.22. The molecule has 1 rings (SSSR count). The Balaban J connectivity index is 2.89. The summed E-state index contributed by atoms with van der Waals surface area (Å²) in [6.07, 6.45) is 3.51. The van der Waals surface area contributed by atoms with Crippen LogP contribution in [0, 0.1) is 0 Å². The molecule has 0 aliphatic carbocycles. The summed E-state index contributed by atoms with van der Waals surface area (Å²) in [6, 6.07) is 2.11. The Bertz CT molecular complexity index is 882. The third-order valence-electron chi connectivity index (χ3n) is 4.48. The molecule has 3 atom stereocenters. The second-order valence-corrected chi connectivity index (χ2v) is 7.30. The molecule has 11 heteroatoms. The Morgan fingerprint density at radius 1 is 0.909 bits per heavy atom. The Morgan fingerprint density at radius 3 is 2.09 bits per heavy atom. The van der Waals surface area contributed by atoms with Crippen LogP contribution in [-0.2, 0) is 30.4 Å². The van der Waals surface area contributed by atoms with E-state index >= 15 is 0 Å². The Labute approximate surface area is 190 Å². The summed E-state index contributed by atoms with van der Waals surface area (Å²) in [5.41, 5.74) is 0.641. The predicted octanol–water partition coefficient (Wildman–Crippen LogP) is 0.325. The minimum Gasteiger partial charge on any atom is -0.508 e. The fourth-order valence-electron chi connectivity index (χ4n) is 2.74. The zero-order valence-electron chi connectivity index (χ0n) is 18.4. The number of amides is 3. The first-order valence-corrected chi connectivity index (χ1v) is 10.3. The highest BCUT2D eigenvalue weighted by molar-refractivity contribution is 5.94. The standard InChI is InChI=1S/C22H29N3O8/c1-3-4-5-6-18(27)24-16(11-14-7-9-15(26)10-8-14)21(31)23-13(2)20(30)25-17(22(32)33)12-19(28)29/h4-5,7-10,13,16-17,26H,3,6,11-12H2,1-2H3,(H,23,31)(H,24,27)(H,25,30)(H,28,29)(H,32,33)/b5-4+/t13-,16-,17-/m0/s1. The molecule has 0 aromatic heterocycles. The maximum Gasteiger partial charge on any atom is 0.326 e. The highest BCUT2D eigenvalue weighted by atomic mass is 16.4. The molecule has 11 nitrogen and oxygen atoms in total. The molecule has 0 spiro atoms. The van der Waals surface area contributed by atoms with Crippen molar-refractivity contribution in [3.63, 3.8) is 0 Å². The van der Waals surface area contributed by atoms with E-state index in [0.717, 1.165) is 6.42 Å². The smallest absolute Gasteiger partial charge is 0.326 e. The van der Waals surface area contributed by atoms with Gasteiger partial charge >= 0.3 is 11.9 Å². The lowest BCUT2D eigenvalue weighted by Crippen LogP contribution is -2.55. The number of carboxylic acid groups (broad SMARTS) is 2. The highest BCUT2D eigenvalue weighted by Gasteiger charge is 2.28. The molecule has 1 aromatic carbocycles. The summed E-state index contributed by atoms with van der Waals surface area (Å²) in [7, 11) is 0. The summed E-state index contributed by atoms with van der Waals surface area (Å²) in [4.78, 5) is 59.3. The predicted molar refractivity (Wildman–Crippen MR) is 117 cm³/mol. The first-order chi connectivity index (χ1) is 15.5. The summed E-state index contributed by atoms with van der Waals surface area (Å²) < 4.78 is 0. The molecule has 3 amide bonds. The van der Waals surface area contributed by atoms with Crippen molar-refractivity contribution in [1.29, 1.82) is 0 Å². The SMILES string of the molecule is CC/C=C/CC(=O)N[C@@H](Cc1ccc(O)cc1)C(=O)N[C@@H](C)C(=O)N[C@@H](CC(=O)O)C(=O)O. The van der Waals surface area contributed by atoms with Gasteiger partial charge in [-0.2, -0.15) is 0 Å². The van der Waals surface area contributed by atoms with E-state index < -0.39 is 54.2 Å². The maximum atomic E-state index is 12.8. The van der Waals surface area contributed by atoms with Crippen molar-refractivity contribution >= 4 is 29.7 Å². The molecule has 0 saturated carbocycles. The number of carboxylic acids is 2. The normalized spacial score (nSPS) is 13.5. The molecule has 6 N–H and O–H groups in total. The number of benzene rings is 1. The van der Waals surface area contributed by atoms with Crippen LogP contribution in [0.15, 0.2) is 36.4 Å². The third-order valence-corrected chi connectivity index (χ3v) is 4.48. The molecule has 0 aliphatic rings. The van der Waals surface area contributed by atoms with Gasteiger partial charge < -0.3 is 31.3 Å². The second-order valence-electron chi connectivity index (χ2n) is 7.30. The zero-order valence-corrected chi connectivity index (χ0v) is 18.4. The van der Waals surface area contributed by atoms with Crippen LogP contribution in [0.4, 0.5) is 0 Å². The van der Waals surface area contributed by atoms with Crippen molar-refractivity contribution < 1.29 is 39.3 Å². The molecule has 0 aliphatic heterocycles. The zero-order chi connectivity index (χ0) is 25.0. The van der Waals surface area contributed by atoms with Crippen LogP contribution < -0.4 is 16.0 Å². The summed E-state index contributed by atoms with van der Waals surface area (Å²) >= 11 is 0. The number of rotatable bonds is 13. The van der Waals surface area contributed by atoms with Gasteiger partial charge in [0.1, 0.15) is 23.9 Å². The van der Waals surface area contributed by atoms with E-state index in [9.17, 15) is 29.1 Å². The van der Waals surface area contributed by atoms with E-state index in [1.54, 1.807) is 24.3 Å². The lowest BCUT2D eigenvalue weighted by molar-refractivity contribution is -0.147. The first-order valence-electron chi connectivity index (χ1n) is 10.3. The topological polar surface area (TPSA) is 182 Å². The van der Waals surface area contributed by atoms with Gasteiger partial charge in [0.05, 0.1) is 6.42 Å². The molecule has 0 saturated heterocycles. The van der Waals surface area contributed by atoms with Crippen molar-refractivity contribution in [1.82, 2.24) is 16.0 Å². The van der Waals surface area contributed by atoms with E-state index in [0.29, 0.717) is 5.56 Å². The van der Waals surface area contributed by atoms with Crippen molar-refractivity contribution in [3.05, 3.63) is 42.0 Å². The van der Waals surface area contributed by atoms with E-state index in [-0.39, 0.29) is 18.6 Å². The summed E-state index contributed by atoms with van der Waals surface area (Å²) in [5, 5.41) is 34.3. The minimum absolute atomic E-state index is 0.0353. The number of phenols is 1. The summed E-state index contributed by atoms with van der Waals surface area (Å²) in [6.45, 7) is 3.21. The molecule has 0 unspecified atom stereocenters. The Hall–Kier alpha value is -3.89. The molecule has 0 radical (unpaired) electrons. The van der Waals surface area contributed by atoms with Crippen LogP contribution in [0.1, 0.15) is 38.7 Å². The highest BCUT2D eigenvalue weighted by Crippen LogP contribution is 2.12. The molecule has 0 bridgehead atoms. The minimum atomic E-state index is -1.66. The van der Waals surface area contributed by atoms with Gasteiger partial charge in [-0.05, 0) is 31.0 Å². The van der Waals surface area contributed by atoms with Gasteiger partial charge in [-0.1, -0.05) is 31.2 Å². The number of phenolic OH excluding ortho intramolecular Hbond substituents is 1. The van der Waals surface area contributed by atoms with E-state index in [2.05, 4.69) is 16.0 Å². The Morgan fingerprint density at radius 2 is 1.55 bits per heavy atom. The molecule has 0 heterocycles. The number of carbonyl (C=O) groups excluding carboxylic acids is 3. The Kier molecular flexibility index (Phi) is 11.1. The van der Waals surface area contributed by atoms with Crippen LogP contribution in [0.25, 0.3) is 0 Å². The maximum absolute atomic E-state index is 12.8. The average molecular weight is 463 g/mol. The van der Waals surface area contributed by atoms with Crippen molar-refractivity contribution in [2.75, 3.05) is 0 Å². The fourth-order valence-corrected chi connectivity index (χ4v) is 2.74. The van der Waals surface area contributed by atoms with Crippen LogP contribution in [0.5, 0.6) is 5.75 Å². The second kappa shape index (κ2) is 13.5. The van der Waals surface area contributed by atoms with Gasteiger partial charge in [0.2, 0.25) is 17.7 Å². The quantitative estimate of drug-likeness (QED) is 0.226. The largest absolute Gasteiger partial charge is 0.508 e. The van der Waals surface area contributed by atoms with Crippen LogP contribution in [0.2, 0.25) is 0 Å². The van der Waals surface area contributed by atoms with Crippen molar-refractivity contribution in [3.8, 4) is 5.75 Å². The number of hydrogen-bond acceptors (Lipinski definition) is 6. The lowest BCUT2D eigenvalue weighted by atomic mass is 10.0.